The van der Waals surface area contributed by atoms with E-state index in [0.717, 1.165) is 30.8 Å². The molecule has 4 aromatic carbocycles. The first-order valence-electron chi connectivity index (χ1n) is 14.8. The van der Waals surface area contributed by atoms with Gasteiger partial charge in [0.15, 0.2) is 17.7 Å². The number of ether oxygens (including phenoxy) is 1. The number of ketones is 2. The molecule has 0 fully saturated rings. The van der Waals surface area contributed by atoms with Crippen LogP contribution in [-0.4, -0.2) is 46.7 Å². The Balaban J connectivity index is 1.35. The molecule has 226 valence electrons. The zero-order valence-electron chi connectivity index (χ0n) is 24.5. The molecule has 1 atom stereocenters. The van der Waals surface area contributed by atoms with E-state index in [4.69, 9.17) is 16.3 Å². The number of rotatable bonds is 12. The first-order chi connectivity index (χ1) is 21.3. The second-order valence-corrected chi connectivity index (χ2v) is 11.1. The lowest BCUT2D eigenvalue weighted by atomic mass is 9.81. The molecule has 5 rings (SSSR count). The van der Waals surface area contributed by atoms with Gasteiger partial charge in [0.1, 0.15) is 11.5 Å². The first kappa shape index (κ1) is 30.8. The molecule has 0 amide bonds. The summed E-state index contributed by atoms with van der Waals surface area (Å²) in [7, 11) is 0. The number of carbonyl (C=O) groups excluding carboxylic acids is 3. The van der Waals surface area contributed by atoms with Crippen LogP contribution in [0.1, 0.15) is 80.8 Å². The van der Waals surface area contributed by atoms with Crippen LogP contribution in [0, 0.1) is 0 Å². The number of fused-ring (bicyclic) bond motifs is 2. The molecular weight excluding hydrogens is 578 g/mol. The number of aryl methyl sites for hydroxylation is 1. The number of nitrogens with zero attached hydrogens (tertiary/aromatic N) is 1. The number of anilines is 1. The van der Waals surface area contributed by atoms with E-state index in [0.29, 0.717) is 24.3 Å². The van der Waals surface area contributed by atoms with Crippen molar-refractivity contribution in [2.45, 2.75) is 38.7 Å². The van der Waals surface area contributed by atoms with Crippen LogP contribution in [0.2, 0.25) is 0 Å². The van der Waals surface area contributed by atoms with E-state index in [-0.39, 0.29) is 34.2 Å². The van der Waals surface area contributed by atoms with Crippen molar-refractivity contribution in [3.8, 4) is 11.5 Å². The Morgan fingerprint density at radius 1 is 0.864 bits per heavy atom. The largest absolute Gasteiger partial charge is 0.507 e. The summed E-state index contributed by atoms with van der Waals surface area (Å²) in [6.07, 6.45) is 1.21. The van der Waals surface area contributed by atoms with Gasteiger partial charge in [0.2, 0.25) is 0 Å². The molecule has 0 heterocycles. The molecule has 2 N–H and O–H groups in total. The van der Waals surface area contributed by atoms with E-state index in [1.54, 1.807) is 42.5 Å². The highest BCUT2D eigenvalue weighted by molar-refractivity contribution is 6.30. The van der Waals surface area contributed by atoms with Crippen molar-refractivity contribution in [3.05, 3.63) is 124 Å². The number of benzene rings is 4. The fourth-order valence-electron chi connectivity index (χ4n) is 5.66. The molecule has 7 nitrogen and oxygen atoms in total. The summed E-state index contributed by atoms with van der Waals surface area (Å²) < 4.78 is 5.90. The second kappa shape index (κ2) is 13.8. The molecule has 0 radical (unpaired) electrons. The van der Waals surface area contributed by atoms with Crippen molar-refractivity contribution in [3.63, 3.8) is 0 Å². The third kappa shape index (κ3) is 6.33. The summed E-state index contributed by atoms with van der Waals surface area (Å²) in [6.45, 7) is 3.83. The van der Waals surface area contributed by atoms with E-state index >= 15 is 0 Å². The second-order valence-electron chi connectivity index (χ2n) is 10.8. The van der Waals surface area contributed by atoms with Crippen molar-refractivity contribution in [1.82, 2.24) is 0 Å². The van der Waals surface area contributed by atoms with Gasteiger partial charge in [-0.25, -0.2) is 0 Å². The summed E-state index contributed by atoms with van der Waals surface area (Å²) in [5.41, 5.74) is 2.48. The fraction of sp³-hybridized carbons (Fsp3) is 0.250. The predicted molar refractivity (Wildman–Crippen MR) is 170 cm³/mol. The van der Waals surface area contributed by atoms with Crippen LogP contribution in [-0.2, 0) is 16.0 Å². The van der Waals surface area contributed by atoms with E-state index < -0.39 is 35.1 Å². The van der Waals surface area contributed by atoms with Crippen LogP contribution < -0.4 is 4.90 Å². The fourth-order valence-corrected chi connectivity index (χ4v) is 5.86. The van der Waals surface area contributed by atoms with Crippen LogP contribution in [0.4, 0.5) is 5.69 Å². The molecule has 1 aliphatic rings. The Morgan fingerprint density at radius 2 is 1.50 bits per heavy atom. The number of phenolic OH excluding ortho intramolecular Hbond substituents is 2. The van der Waals surface area contributed by atoms with Gasteiger partial charge in [-0.2, -0.15) is 0 Å². The normalized spacial score (nSPS) is 12.8. The molecule has 0 spiro atoms. The summed E-state index contributed by atoms with van der Waals surface area (Å²) >= 11 is 5.96. The number of alkyl halides is 1. The van der Waals surface area contributed by atoms with Crippen LogP contribution in [0.5, 0.6) is 11.5 Å². The summed E-state index contributed by atoms with van der Waals surface area (Å²) in [6, 6.07) is 24.5. The van der Waals surface area contributed by atoms with Gasteiger partial charge in [-0.3, -0.25) is 14.4 Å². The maximum Gasteiger partial charge on any atom is 0.306 e. The molecule has 1 aliphatic carbocycles. The summed E-state index contributed by atoms with van der Waals surface area (Å²) in [5.74, 6) is -2.07. The minimum absolute atomic E-state index is 0.0190. The Hall–Kier alpha value is -4.62. The van der Waals surface area contributed by atoms with Crippen LogP contribution in [0.3, 0.4) is 0 Å². The Bertz CT molecular complexity index is 1660. The number of esters is 1. The SMILES string of the molecule is CCCN(CCCl)c1ccc(CCCC(=O)OC(c2ccccc2)c2cc(O)c3c(c2O)C(=O)c2ccccc2C3=O)cc1. The summed E-state index contributed by atoms with van der Waals surface area (Å²) in [5, 5.41) is 22.3. The van der Waals surface area contributed by atoms with E-state index in [1.807, 2.05) is 0 Å². The van der Waals surface area contributed by atoms with E-state index in [9.17, 15) is 24.6 Å². The predicted octanol–water partition coefficient (Wildman–Crippen LogP) is 6.98. The minimum Gasteiger partial charge on any atom is -0.507 e. The molecule has 0 saturated carbocycles. The number of halogens is 1. The average molecular weight is 612 g/mol. The molecule has 8 heteroatoms. The number of aromatic hydroxyl groups is 2. The molecule has 1 unspecified atom stereocenters. The third-order valence-corrected chi connectivity index (χ3v) is 7.98. The van der Waals surface area contributed by atoms with Gasteiger partial charge in [-0.05, 0) is 48.6 Å². The molecule has 0 bridgehead atoms. The Kier molecular flexibility index (Phi) is 9.65. The highest BCUT2D eigenvalue weighted by atomic mass is 35.5. The summed E-state index contributed by atoms with van der Waals surface area (Å²) in [4.78, 5) is 42.0. The van der Waals surface area contributed by atoms with Gasteiger partial charge in [0.05, 0.1) is 11.1 Å². The van der Waals surface area contributed by atoms with E-state index in [1.165, 1.54) is 18.2 Å². The quantitative estimate of drug-likeness (QED) is 0.0890. The monoisotopic (exact) mass is 611 g/mol. The van der Waals surface area contributed by atoms with Gasteiger partial charge in [-0.15, -0.1) is 11.6 Å². The molecular formula is C36H34ClNO6. The smallest absolute Gasteiger partial charge is 0.306 e. The molecule has 4 aromatic rings. The van der Waals surface area contributed by atoms with Crippen molar-refractivity contribution in [2.24, 2.45) is 0 Å². The molecule has 44 heavy (non-hydrogen) atoms. The highest BCUT2D eigenvalue weighted by Gasteiger charge is 2.37. The van der Waals surface area contributed by atoms with Crippen molar-refractivity contribution < 1.29 is 29.3 Å². The molecule has 0 aromatic heterocycles. The van der Waals surface area contributed by atoms with Crippen molar-refractivity contribution in [2.75, 3.05) is 23.9 Å². The van der Waals surface area contributed by atoms with Crippen molar-refractivity contribution in [1.29, 1.82) is 0 Å². The van der Waals surface area contributed by atoms with Gasteiger partial charge in [0, 0.05) is 47.8 Å². The van der Waals surface area contributed by atoms with Gasteiger partial charge >= 0.3 is 5.97 Å². The maximum atomic E-state index is 13.4. The third-order valence-electron chi connectivity index (χ3n) is 7.81. The van der Waals surface area contributed by atoms with Gasteiger partial charge in [-0.1, -0.05) is 73.7 Å². The molecule has 0 aliphatic heterocycles. The van der Waals surface area contributed by atoms with Crippen LogP contribution in [0.15, 0.2) is 84.9 Å². The highest BCUT2D eigenvalue weighted by Crippen LogP contribution is 2.44. The van der Waals surface area contributed by atoms with Crippen molar-refractivity contribution >= 4 is 34.8 Å². The zero-order chi connectivity index (χ0) is 31.2. The lowest BCUT2D eigenvalue weighted by molar-refractivity contribution is -0.147. The average Bonchev–Trinajstić information content (AvgIpc) is 3.04. The lowest BCUT2D eigenvalue weighted by Gasteiger charge is -2.25. The molecule has 0 saturated heterocycles. The number of phenols is 2. The van der Waals surface area contributed by atoms with Gasteiger partial charge < -0.3 is 19.8 Å². The number of hydrogen-bond donors (Lipinski definition) is 2. The maximum absolute atomic E-state index is 13.4. The van der Waals surface area contributed by atoms with Crippen LogP contribution >= 0.6 is 11.6 Å². The van der Waals surface area contributed by atoms with Crippen LogP contribution in [0.25, 0.3) is 0 Å². The Labute approximate surface area is 261 Å². The standard InChI is InChI=1S/C36H34ClNO6/c1-2-20-38(21-19-37)25-17-15-23(16-18-25)9-8-14-30(40)44-36(24-10-4-3-5-11-24)28-22-29(39)31-32(35(28)43)34(42)27-13-7-6-12-26(27)33(31)41/h3-7,10-13,15-18,22,36,39,43H,2,8-9,14,19-21H2,1H3. The first-order valence-corrected chi connectivity index (χ1v) is 15.3. The lowest BCUT2D eigenvalue weighted by Crippen LogP contribution is -2.26. The number of carbonyl (C=O) groups is 3. The number of hydrogen-bond acceptors (Lipinski definition) is 7. The zero-order valence-corrected chi connectivity index (χ0v) is 25.2. The minimum atomic E-state index is -1.12. The topological polar surface area (TPSA) is 104 Å². The Morgan fingerprint density at radius 3 is 2.14 bits per heavy atom. The van der Waals surface area contributed by atoms with Gasteiger partial charge in [0.25, 0.3) is 0 Å². The van der Waals surface area contributed by atoms with E-state index in [2.05, 4.69) is 36.1 Å².